The van der Waals surface area contributed by atoms with Crippen LogP contribution in [-0.2, 0) is 16.1 Å². The second-order valence-corrected chi connectivity index (χ2v) is 8.07. The van der Waals surface area contributed by atoms with Gasteiger partial charge in [-0.1, -0.05) is 61.5 Å². The van der Waals surface area contributed by atoms with E-state index in [0.29, 0.717) is 17.1 Å². The summed E-state index contributed by atoms with van der Waals surface area (Å²) < 4.78 is 24.6. The molecule has 1 aromatic heterocycles. The minimum atomic E-state index is -0.518. The van der Waals surface area contributed by atoms with Crippen molar-refractivity contribution in [2.75, 3.05) is 0 Å². The van der Waals surface area contributed by atoms with Crippen molar-refractivity contribution in [3.8, 4) is 11.1 Å². The second kappa shape index (κ2) is 7.04. The molecule has 27 heavy (non-hydrogen) atoms. The lowest BCUT2D eigenvalue weighted by Gasteiger charge is -2.23. The van der Waals surface area contributed by atoms with Crippen molar-refractivity contribution in [2.45, 2.75) is 19.3 Å². The first-order valence-corrected chi connectivity index (χ1v) is 9.81. The number of aromatic nitrogens is 1. The van der Waals surface area contributed by atoms with Gasteiger partial charge >= 0.3 is 0 Å². The Morgan fingerprint density at radius 1 is 1.07 bits per heavy atom. The van der Waals surface area contributed by atoms with Gasteiger partial charge in [0.05, 0.1) is 11.2 Å². The molecule has 136 valence electrons. The predicted molar refractivity (Wildman–Crippen MR) is 108 cm³/mol. The zero-order valence-electron chi connectivity index (χ0n) is 15.0. The van der Waals surface area contributed by atoms with Gasteiger partial charge in [-0.25, -0.2) is 4.39 Å². The van der Waals surface area contributed by atoms with Crippen LogP contribution in [0.4, 0.5) is 10.3 Å². The van der Waals surface area contributed by atoms with Crippen molar-refractivity contribution in [1.82, 2.24) is 5.16 Å². The standard InChI is InChI=1S/C21H18FN3OS/c1-21(2,19-13-20(26-24-19)25-27-11-10-23-14-27)16-8-9-17(18(22)12-16)15-6-4-3-5-7-15/h3-14H,1-2H3. The maximum Gasteiger partial charge on any atom is 0.257 e. The summed E-state index contributed by atoms with van der Waals surface area (Å²) in [6, 6.07) is 16.6. The molecular weight excluding hydrogens is 361 g/mol. The summed E-state index contributed by atoms with van der Waals surface area (Å²) in [6.07, 6.45) is 1.71. The van der Waals surface area contributed by atoms with Gasteiger partial charge in [-0.2, -0.15) is 4.36 Å². The summed E-state index contributed by atoms with van der Waals surface area (Å²) in [5.41, 5.74) is 4.20. The summed E-state index contributed by atoms with van der Waals surface area (Å²) in [7, 11) is -0.405. The molecule has 1 unspecified atom stereocenters. The van der Waals surface area contributed by atoms with Crippen LogP contribution in [0.25, 0.3) is 11.1 Å². The first-order chi connectivity index (χ1) is 13.0. The number of aliphatic imine (C=N–C) groups is 1. The number of rotatable bonds is 4. The fraction of sp³-hybridized carbons (Fsp3) is 0.143. The van der Waals surface area contributed by atoms with Crippen molar-refractivity contribution < 1.29 is 8.91 Å². The van der Waals surface area contributed by atoms with E-state index in [9.17, 15) is 4.39 Å². The molecule has 0 N–H and O–H groups in total. The average molecular weight is 379 g/mol. The summed E-state index contributed by atoms with van der Waals surface area (Å²) in [5, 5.41) is 6.06. The minimum Gasteiger partial charge on any atom is -0.336 e. The van der Waals surface area contributed by atoms with Gasteiger partial charge in [0.1, 0.15) is 5.82 Å². The van der Waals surface area contributed by atoms with E-state index >= 15 is 0 Å². The smallest absolute Gasteiger partial charge is 0.257 e. The van der Waals surface area contributed by atoms with E-state index in [1.54, 1.807) is 23.9 Å². The molecule has 2 aromatic carbocycles. The van der Waals surface area contributed by atoms with Crippen LogP contribution in [0.15, 0.2) is 80.1 Å². The molecule has 2 heterocycles. The Bertz CT molecular complexity index is 1050. The maximum absolute atomic E-state index is 14.8. The van der Waals surface area contributed by atoms with Crippen LogP contribution in [0.2, 0.25) is 0 Å². The van der Waals surface area contributed by atoms with Gasteiger partial charge < -0.3 is 4.52 Å². The molecule has 0 aliphatic carbocycles. The number of benzene rings is 2. The molecule has 1 atom stereocenters. The monoisotopic (exact) mass is 379 g/mol. The van der Waals surface area contributed by atoms with Gasteiger partial charge in [-0.05, 0) is 27.9 Å². The quantitative estimate of drug-likeness (QED) is 0.579. The molecule has 0 bridgehead atoms. The minimum absolute atomic E-state index is 0.256. The number of hydrogen-bond donors (Lipinski definition) is 0. The van der Waals surface area contributed by atoms with Crippen LogP contribution < -0.4 is 0 Å². The Morgan fingerprint density at radius 2 is 1.89 bits per heavy atom. The van der Waals surface area contributed by atoms with E-state index in [-0.39, 0.29) is 5.82 Å². The highest BCUT2D eigenvalue weighted by Gasteiger charge is 2.28. The topological polar surface area (TPSA) is 50.8 Å². The third-order valence-electron chi connectivity index (χ3n) is 4.56. The largest absolute Gasteiger partial charge is 0.336 e. The fourth-order valence-corrected chi connectivity index (χ4v) is 3.76. The van der Waals surface area contributed by atoms with E-state index in [0.717, 1.165) is 11.1 Å². The van der Waals surface area contributed by atoms with Crippen molar-refractivity contribution in [3.63, 3.8) is 0 Å². The second-order valence-electron chi connectivity index (χ2n) is 6.71. The molecule has 4 rings (SSSR count). The number of halogens is 1. The van der Waals surface area contributed by atoms with Crippen LogP contribution >= 0.6 is 0 Å². The van der Waals surface area contributed by atoms with E-state index in [1.807, 2.05) is 61.7 Å². The van der Waals surface area contributed by atoms with Crippen LogP contribution in [-0.4, -0.2) is 10.7 Å². The molecule has 1 aliphatic rings. The van der Waals surface area contributed by atoms with Gasteiger partial charge in [-0.15, -0.1) is 0 Å². The molecule has 1 aliphatic heterocycles. The van der Waals surface area contributed by atoms with Gasteiger partial charge in [0.25, 0.3) is 5.88 Å². The molecule has 0 fully saturated rings. The summed E-state index contributed by atoms with van der Waals surface area (Å²) in [4.78, 5) is 4.02. The molecule has 0 amide bonds. The summed E-state index contributed by atoms with van der Waals surface area (Å²) >= 11 is 0. The van der Waals surface area contributed by atoms with Gasteiger partial charge in [0.15, 0.2) is 0 Å². The van der Waals surface area contributed by atoms with Gasteiger partial charge in [0.2, 0.25) is 0 Å². The molecule has 6 heteroatoms. The fourth-order valence-electron chi connectivity index (χ4n) is 2.89. The zero-order valence-corrected chi connectivity index (χ0v) is 15.8. The lowest BCUT2D eigenvalue weighted by atomic mass is 9.81. The molecule has 0 saturated carbocycles. The SMILES string of the molecule is CC(C)(c1ccc(-c2ccccc2)c(F)c1)c1cc(N=S2C=CN=C2)on1. The van der Waals surface area contributed by atoms with Crippen molar-refractivity contribution in [1.29, 1.82) is 0 Å². The molecule has 0 saturated heterocycles. The lowest BCUT2D eigenvalue weighted by molar-refractivity contribution is 0.407. The van der Waals surface area contributed by atoms with Crippen LogP contribution in [0.1, 0.15) is 25.1 Å². The van der Waals surface area contributed by atoms with Crippen LogP contribution in [0.5, 0.6) is 0 Å². The highest BCUT2D eigenvalue weighted by Crippen LogP contribution is 2.35. The number of hydrogen-bond acceptors (Lipinski definition) is 4. The summed E-state index contributed by atoms with van der Waals surface area (Å²) in [6.45, 7) is 3.98. The third-order valence-corrected chi connectivity index (χ3v) is 5.69. The zero-order chi connectivity index (χ0) is 18.9. The van der Waals surface area contributed by atoms with E-state index < -0.39 is 16.1 Å². The van der Waals surface area contributed by atoms with Crippen molar-refractivity contribution >= 4 is 22.1 Å². The van der Waals surface area contributed by atoms with Gasteiger partial charge in [0, 0.05) is 28.7 Å². The first kappa shape index (κ1) is 17.5. The molecule has 4 nitrogen and oxygen atoms in total. The predicted octanol–water partition coefficient (Wildman–Crippen LogP) is 5.75. The Labute approximate surface area is 159 Å². The van der Waals surface area contributed by atoms with E-state index in [1.165, 1.54) is 0 Å². The lowest BCUT2D eigenvalue weighted by Crippen LogP contribution is -2.19. The van der Waals surface area contributed by atoms with Crippen LogP contribution in [0, 0.1) is 5.82 Å². The van der Waals surface area contributed by atoms with Crippen LogP contribution in [0.3, 0.4) is 0 Å². The Kier molecular flexibility index (Phi) is 4.58. The Balaban J connectivity index is 1.65. The molecule has 0 spiro atoms. The van der Waals surface area contributed by atoms with E-state index in [4.69, 9.17) is 4.52 Å². The molecule has 3 aromatic rings. The van der Waals surface area contributed by atoms with Gasteiger partial charge in [-0.3, -0.25) is 4.99 Å². The summed E-state index contributed by atoms with van der Waals surface area (Å²) in [5.74, 6) is 0.190. The highest BCUT2D eigenvalue weighted by molar-refractivity contribution is 8.03. The average Bonchev–Trinajstić information content (AvgIpc) is 3.35. The van der Waals surface area contributed by atoms with Crippen molar-refractivity contribution in [2.24, 2.45) is 9.36 Å². The normalized spacial score (nSPS) is 16.3. The number of nitrogens with zero attached hydrogens (tertiary/aromatic N) is 3. The maximum atomic E-state index is 14.8. The van der Waals surface area contributed by atoms with Crippen molar-refractivity contribution in [3.05, 3.63) is 83.3 Å². The third kappa shape index (κ3) is 3.53. The Morgan fingerprint density at radius 3 is 2.59 bits per heavy atom. The van der Waals surface area contributed by atoms with E-state index in [2.05, 4.69) is 14.5 Å². The molecule has 0 radical (unpaired) electrons. The highest BCUT2D eigenvalue weighted by atomic mass is 32.2. The molecular formula is C21H18FN3OS. The first-order valence-electron chi connectivity index (χ1n) is 8.50. The Hall–Kier alpha value is -2.86.